The van der Waals surface area contributed by atoms with Crippen molar-refractivity contribution in [3.05, 3.63) is 0 Å². The molecule has 3 aliphatic heterocycles. The van der Waals surface area contributed by atoms with Crippen LogP contribution in [0, 0.1) is 35.5 Å². The van der Waals surface area contributed by atoms with Crippen molar-refractivity contribution in [3.63, 3.8) is 0 Å². The average molecular weight is 404 g/mol. The van der Waals surface area contributed by atoms with Crippen molar-refractivity contribution in [3.8, 4) is 0 Å². The minimum Gasteiger partial charge on any atom is -0.306 e. The predicted molar refractivity (Wildman–Crippen MR) is 124 cm³/mol. The van der Waals surface area contributed by atoms with Crippen LogP contribution in [0.2, 0.25) is 0 Å². The number of hydrogen-bond donors (Lipinski definition) is 0. The van der Waals surface area contributed by atoms with Crippen LogP contribution in [0.15, 0.2) is 0 Å². The molecule has 3 saturated heterocycles. The summed E-state index contributed by atoms with van der Waals surface area (Å²) < 4.78 is 0. The predicted octanol–water partition coefficient (Wildman–Crippen LogP) is 4.82. The molecule has 6 atom stereocenters. The second kappa shape index (κ2) is 10.5. The van der Waals surface area contributed by atoms with E-state index in [0.717, 1.165) is 35.5 Å². The molecule has 0 aromatic rings. The second-order valence-corrected chi connectivity index (χ2v) is 11.7. The molecule has 0 aromatic carbocycles. The Kier molecular flexibility index (Phi) is 7.97. The van der Waals surface area contributed by atoms with Crippen LogP contribution in [-0.2, 0) is 0 Å². The van der Waals surface area contributed by atoms with E-state index < -0.39 is 0 Å². The van der Waals surface area contributed by atoms with Crippen LogP contribution in [0.4, 0.5) is 0 Å². The summed E-state index contributed by atoms with van der Waals surface area (Å²) in [6, 6.07) is 0. The molecular formula is C26H49N3. The molecule has 168 valence electrons. The summed E-state index contributed by atoms with van der Waals surface area (Å²) in [4.78, 5) is 7.47. The smallest absolute Gasteiger partial charge is 0.000985 e. The highest BCUT2D eigenvalue weighted by Gasteiger charge is 2.34. The molecule has 3 aliphatic carbocycles. The fraction of sp³-hybridized carbons (Fsp3) is 1.00. The number of piperidine rings is 1. The third-order valence-electron chi connectivity index (χ3n) is 9.31. The molecule has 0 N–H and O–H groups in total. The van der Waals surface area contributed by atoms with Crippen LogP contribution in [0.3, 0.4) is 0 Å². The summed E-state index contributed by atoms with van der Waals surface area (Å²) >= 11 is 0. The van der Waals surface area contributed by atoms with Gasteiger partial charge in [-0.25, -0.2) is 0 Å². The third kappa shape index (κ3) is 5.98. The lowest BCUT2D eigenvalue weighted by atomic mass is 9.82. The maximum Gasteiger partial charge on any atom is 0.000985 e. The van der Waals surface area contributed by atoms with Gasteiger partial charge in [-0.1, -0.05) is 32.1 Å². The summed E-state index contributed by atoms with van der Waals surface area (Å²) in [5, 5.41) is 0. The molecule has 0 radical (unpaired) electrons. The highest BCUT2D eigenvalue weighted by Crippen LogP contribution is 2.38. The Bertz CT molecular complexity index is 468. The van der Waals surface area contributed by atoms with Crippen molar-refractivity contribution in [2.45, 2.75) is 70.6 Å². The number of fused-ring (bicyclic) bond motifs is 3. The largest absolute Gasteiger partial charge is 0.306 e. The lowest BCUT2D eigenvalue weighted by Crippen LogP contribution is -2.35. The fourth-order valence-electron chi connectivity index (χ4n) is 7.72. The zero-order chi connectivity index (χ0) is 20.2. The second-order valence-electron chi connectivity index (χ2n) is 11.7. The van der Waals surface area contributed by atoms with Crippen LogP contribution < -0.4 is 0 Å². The van der Waals surface area contributed by atoms with Crippen molar-refractivity contribution in [2.75, 3.05) is 60.4 Å². The van der Waals surface area contributed by atoms with Gasteiger partial charge in [0.2, 0.25) is 0 Å². The lowest BCUT2D eigenvalue weighted by molar-refractivity contribution is 0.166. The number of hydrogen-bond acceptors (Lipinski definition) is 3. The first-order valence-corrected chi connectivity index (χ1v) is 13.1. The van der Waals surface area contributed by atoms with Crippen LogP contribution in [0.1, 0.15) is 70.6 Å². The van der Waals surface area contributed by atoms with Crippen molar-refractivity contribution >= 4 is 0 Å². The van der Waals surface area contributed by atoms with E-state index in [1.54, 1.807) is 0 Å². The summed E-state index contributed by atoms with van der Waals surface area (Å²) in [7, 11) is 6.77. The molecular weight excluding hydrogens is 354 g/mol. The first-order chi connectivity index (χ1) is 14.1. The van der Waals surface area contributed by atoms with Crippen LogP contribution in [0.25, 0.3) is 0 Å². The van der Waals surface area contributed by atoms with Crippen molar-refractivity contribution in [1.29, 1.82) is 0 Å². The van der Waals surface area contributed by atoms with E-state index in [1.807, 2.05) is 0 Å². The number of likely N-dealkylation sites (tertiary alicyclic amines) is 3. The molecule has 3 saturated carbocycles. The molecule has 6 aliphatic rings. The lowest BCUT2D eigenvalue weighted by Gasteiger charge is -2.32. The van der Waals surface area contributed by atoms with E-state index in [1.165, 1.54) is 110 Å². The maximum absolute atomic E-state index is 2.50. The van der Waals surface area contributed by atoms with E-state index in [-0.39, 0.29) is 0 Å². The zero-order valence-corrected chi connectivity index (χ0v) is 19.8. The van der Waals surface area contributed by atoms with E-state index in [2.05, 4.69) is 35.8 Å². The minimum absolute atomic E-state index is 1.07. The van der Waals surface area contributed by atoms with Gasteiger partial charge in [0.1, 0.15) is 0 Å². The van der Waals surface area contributed by atoms with Gasteiger partial charge in [0, 0.05) is 32.7 Å². The van der Waals surface area contributed by atoms with Gasteiger partial charge in [-0.05, 0) is 102 Å². The fourth-order valence-corrected chi connectivity index (χ4v) is 7.72. The SMILES string of the molecule is CN1CC2CCCC2C1.CN1CC2CCCCC2C1.CN1CCC2CCCC2C1. The van der Waals surface area contributed by atoms with Crippen molar-refractivity contribution < 1.29 is 0 Å². The van der Waals surface area contributed by atoms with Gasteiger partial charge in [-0.15, -0.1) is 0 Å². The van der Waals surface area contributed by atoms with Gasteiger partial charge in [-0.2, -0.15) is 0 Å². The minimum atomic E-state index is 1.07. The molecule has 29 heavy (non-hydrogen) atoms. The molecule has 0 bridgehead atoms. The Hall–Kier alpha value is -0.120. The first-order valence-electron chi connectivity index (χ1n) is 13.1. The van der Waals surface area contributed by atoms with Gasteiger partial charge in [0.05, 0.1) is 0 Å². The Labute approximate surface area is 181 Å². The average Bonchev–Trinajstić information content (AvgIpc) is 3.45. The highest BCUT2D eigenvalue weighted by atomic mass is 15.1. The Morgan fingerprint density at radius 3 is 1.21 bits per heavy atom. The monoisotopic (exact) mass is 403 g/mol. The Morgan fingerprint density at radius 2 is 0.724 bits per heavy atom. The Morgan fingerprint density at radius 1 is 0.379 bits per heavy atom. The molecule has 3 nitrogen and oxygen atoms in total. The van der Waals surface area contributed by atoms with Gasteiger partial charge in [0.15, 0.2) is 0 Å². The quantitative estimate of drug-likeness (QED) is 0.574. The standard InChI is InChI=1S/2C9H17N.C8H15N/c1-10-6-5-8-3-2-4-9(8)7-10;1-10-6-8-4-2-3-5-9(8)7-10;1-9-5-7-3-2-4-8(7)6-9/h2*8-9H,2-7H2,1H3;7-8H,2-6H2,1H3. The molecule has 0 amide bonds. The van der Waals surface area contributed by atoms with Gasteiger partial charge in [-0.3, -0.25) is 0 Å². The zero-order valence-electron chi connectivity index (χ0n) is 19.8. The maximum atomic E-state index is 2.50. The number of nitrogens with zero attached hydrogens (tertiary/aromatic N) is 3. The molecule has 0 aromatic heterocycles. The highest BCUT2D eigenvalue weighted by molar-refractivity contribution is 4.87. The van der Waals surface area contributed by atoms with Crippen LogP contribution in [-0.4, -0.2) is 75.1 Å². The molecule has 6 unspecified atom stereocenters. The van der Waals surface area contributed by atoms with Crippen molar-refractivity contribution in [1.82, 2.24) is 14.7 Å². The van der Waals surface area contributed by atoms with E-state index in [0.29, 0.717) is 0 Å². The molecule has 3 heterocycles. The van der Waals surface area contributed by atoms with Gasteiger partial charge < -0.3 is 14.7 Å². The first kappa shape index (κ1) is 22.1. The molecule has 6 fully saturated rings. The third-order valence-corrected chi connectivity index (χ3v) is 9.31. The van der Waals surface area contributed by atoms with E-state index >= 15 is 0 Å². The molecule has 0 spiro atoms. The number of rotatable bonds is 0. The van der Waals surface area contributed by atoms with Gasteiger partial charge in [0.25, 0.3) is 0 Å². The van der Waals surface area contributed by atoms with E-state index in [4.69, 9.17) is 0 Å². The Balaban J connectivity index is 0.000000106. The van der Waals surface area contributed by atoms with Gasteiger partial charge >= 0.3 is 0 Å². The summed E-state index contributed by atoms with van der Waals surface area (Å²) in [6.07, 6.45) is 16.5. The normalized spacial score (nSPS) is 42.3. The summed E-state index contributed by atoms with van der Waals surface area (Å²) in [5.74, 6) is 6.47. The van der Waals surface area contributed by atoms with Crippen LogP contribution >= 0.6 is 0 Å². The van der Waals surface area contributed by atoms with Crippen molar-refractivity contribution in [2.24, 2.45) is 35.5 Å². The molecule has 3 heteroatoms. The van der Waals surface area contributed by atoms with Crippen LogP contribution in [0.5, 0.6) is 0 Å². The summed E-state index contributed by atoms with van der Waals surface area (Å²) in [5.41, 5.74) is 0. The molecule has 6 rings (SSSR count). The topological polar surface area (TPSA) is 9.72 Å². The summed E-state index contributed by atoms with van der Waals surface area (Å²) in [6.45, 7) is 8.25. The van der Waals surface area contributed by atoms with E-state index in [9.17, 15) is 0 Å².